The summed E-state index contributed by atoms with van der Waals surface area (Å²) in [7, 11) is -1.09. The summed E-state index contributed by atoms with van der Waals surface area (Å²) >= 11 is 0. The van der Waals surface area contributed by atoms with Gasteiger partial charge >= 0.3 is 0 Å². The number of aryl methyl sites for hydroxylation is 1. The van der Waals surface area contributed by atoms with Crippen LogP contribution in [0.2, 0.25) is 0 Å². The van der Waals surface area contributed by atoms with Crippen molar-refractivity contribution in [2.75, 3.05) is 25.1 Å². The number of carbonyl (C=O) groups is 1. The standard InChI is InChI=1S/C15H20FNO3S/c1-11-3-4-12(9-14(11)16)15(18)5-7-17(2)13-6-8-21(19,20)10-13/h3-4,9,13H,5-8,10H2,1-2H3. The second-order valence-electron chi connectivity index (χ2n) is 5.67. The Hall–Kier alpha value is -1.27. The molecule has 1 aromatic carbocycles. The summed E-state index contributed by atoms with van der Waals surface area (Å²) in [6.45, 7) is 2.13. The van der Waals surface area contributed by atoms with E-state index in [1.165, 1.54) is 6.07 Å². The number of hydrogen-bond acceptors (Lipinski definition) is 4. The molecule has 1 unspecified atom stereocenters. The maximum Gasteiger partial charge on any atom is 0.164 e. The van der Waals surface area contributed by atoms with E-state index in [-0.39, 0.29) is 35.6 Å². The molecule has 21 heavy (non-hydrogen) atoms. The highest BCUT2D eigenvalue weighted by Crippen LogP contribution is 2.17. The average Bonchev–Trinajstić information content (AvgIpc) is 2.79. The summed E-state index contributed by atoms with van der Waals surface area (Å²) in [5.74, 6) is -0.117. The molecular formula is C15H20FNO3S. The van der Waals surface area contributed by atoms with E-state index >= 15 is 0 Å². The Morgan fingerprint density at radius 3 is 2.71 bits per heavy atom. The van der Waals surface area contributed by atoms with E-state index in [2.05, 4.69) is 0 Å². The van der Waals surface area contributed by atoms with Crippen molar-refractivity contribution >= 4 is 15.6 Å². The van der Waals surface area contributed by atoms with E-state index in [1.807, 2.05) is 11.9 Å². The summed E-state index contributed by atoms with van der Waals surface area (Å²) in [6.07, 6.45) is 0.877. The summed E-state index contributed by atoms with van der Waals surface area (Å²) < 4.78 is 36.3. The smallest absolute Gasteiger partial charge is 0.164 e. The summed E-state index contributed by atoms with van der Waals surface area (Å²) in [5.41, 5.74) is 0.880. The Kier molecular flexibility index (Phi) is 4.78. The van der Waals surface area contributed by atoms with Gasteiger partial charge in [0.15, 0.2) is 15.6 Å². The molecule has 6 heteroatoms. The van der Waals surface area contributed by atoms with Gasteiger partial charge in [0.2, 0.25) is 0 Å². The third kappa shape index (κ3) is 4.11. The van der Waals surface area contributed by atoms with Gasteiger partial charge in [0.25, 0.3) is 0 Å². The molecule has 1 aromatic rings. The van der Waals surface area contributed by atoms with Crippen molar-refractivity contribution in [3.63, 3.8) is 0 Å². The fourth-order valence-corrected chi connectivity index (χ4v) is 4.30. The number of nitrogens with zero attached hydrogens (tertiary/aromatic N) is 1. The van der Waals surface area contributed by atoms with Gasteiger partial charge in [0.1, 0.15) is 5.82 Å². The minimum atomic E-state index is -2.92. The maximum absolute atomic E-state index is 13.4. The lowest BCUT2D eigenvalue weighted by Crippen LogP contribution is -2.34. The zero-order valence-corrected chi connectivity index (χ0v) is 13.1. The Labute approximate surface area is 124 Å². The van der Waals surface area contributed by atoms with E-state index in [4.69, 9.17) is 0 Å². The van der Waals surface area contributed by atoms with Crippen molar-refractivity contribution in [2.45, 2.75) is 25.8 Å². The zero-order valence-electron chi connectivity index (χ0n) is 12.3. The van der Waals surface area contributed by atoms with Crippen LogP contribution in [0.5, 0.6) is 0 Å². The van der Waals surface area contributed by atoms with E-state index in [0.29, 0.717) is 24.1 Å². The molecule has 0 amide bonds. The first-order valence-electron chi connectivity index (χ1n) is 6.98. The molecule has 1 atom stereocenters. The average molecular weight is 313 g/mol. The van der Waals surface area contributed by atoms with Gasteiger partial charge in [-0.1, -0.05) is 12.1 Å². The molecule has 1 heterocycles. The summed E-state index contributed by atoms with van der Waals surface area (Å²) in [4.78, 5) is 14.0. The number of carbonyl (C=O) groups excluding carboxylic acids is 1. The van der Waals surface area contributed by atoms with Gasteiger partial charge in [0, 0.05) is 24.6 Å². The monoisotopic (exact) mass is 313 g/mol. The Morgan fingerprint density at radius 1 is 1.43 bits per heavy atom. The van der Waals surface area contributed by atoms with E-state index in [9.17, 15) is 17.6 Å². The molecule has 1 aliphatic rings. The molecule has 1 fully saturated rings. The van der Waals surface area contributed by atoms with Crippen molar-refractivity contribution in [2.24, 2.45) is 0 Å². The SMILES string of the molecule is Cc1ccc(C(=O)CCN(C)C2CCS(=O)(=O)C2)cc1F. The van der Waals surface area contributed by atoms with Crippen LogP contribution >= 0.6 is 0 Å². The molecule has 0 radical (unpaired) electrons. The Balaban J connectivity index is 1.90. The Morgan fingerprint density at radius 2 is 2.14 bits per heavy atom. The van der Waals surface area contributed by atoms with Crippen LogP contribution in [-0.2, 0) is 9.84 Å². The fourth-order valence-electron chi connectivity index (χ4n) is 2.49. The van der Waals surface area contributed by atoms with E-state index in [1.54, 1.807) is 19.1 Å². The minimum absolute atomic E-state index is 0.0162. The molecule has 0 spiro atoms. The molecule has 0 aliphatic carbocycles. The molecule has 116 valence electrons. The highest BCUT2D eigenvalue weighted by molar-refractivity contribution is 7.91. The molecule has 4 nitrogen and oxygen atoms in total. The zero-order chi connectivity index (χ0) is 15.6. The van der Waals surface area contributed by atoms with Crippen LogP contribution in [0.1, 0.15) is 28.8 Å². The fraction of sp³-hybridized carbons (Fsp3) is 0.533. The molecule has 1 saturated heterocycles. The van der Waals surface area contributed by atoms with Gasteiger partial charge in [-0.05, 0) is 32.0 Å². The highest BCUT2D eigenvalue weighted by Gasteiger charge is 2.30. The Bertz CT molecular complexity index is 642. The third-order valence-corrected chi connectivity index (χ3v) is 5.77. The number of benzene rings is 1. The number of hydrogen-bond donors (Lipinski definition) is 0. The molecule has 0 aromatic heterocycles. The quantitative estimate of drug-likeness (QED) is 0.778. The van der Waals surface area contributed by atoms with Gasteiger partial charge in [-0.25, -0.2) is 12.8 Å². The van der Waals surface area contributed by atoms with E-state index < -0.39 is 9.84 Å². The maximum atomic E-state index is 13.4. The molecule has 1 aliphatic heterocycles. The first-order valence-corrected chi connectivity index (χ1v) is 8.80. The topological polar surface area (TPSA) is 54.5 Å². The predicted molar refractivity (Wildman–Crippen MR) is 79.8 cm³/mol. The van der Waals surface area contributed by atoms with Gasteiger partial charge < -0.3 is 4.90 Å². The number of rotatable bonds is 5. The first-order chi connectivity index (χ1) is 9.78. The van der Waals surface area contributed by atoms with E-state index in [0.717, 1.165) is 0 Å². The second-order valence-corrected chi connectivity index (χ2v) is 7.90. The number of ketones is 1. The van der Waals surface area contributed by atoms with Crippen LogP contribution in [-0.4, -0.2) is 50.2 Å². The lowest BCUT2D eigenvalue weighted by molar-refractivity contribution is 0.0962. The highest BCUT2D eigenvalue weighted by atomic mass is 32.2. The molecule has 0 N–H and O–H groups in total. The van der Waals surface area contributed by atoms with Crippen LogP contribution in [0.4, 0.5) is 4.39 Å². The van der Waals surface area contributed by atoms with Crippen molar-refractivity contribution in [1.29, 1.82) is 0 Å². The van der Waals surface area contributed by atoms with Gasteiger partial charge in [-0.3, -0.25) is 4.79 Å². The van der Waals surface area contributed by atoms with Crippen molar-refractivity contribution in [3.8, 4) is 0 Å². The molecule has 0 bridgehead atoms. The van der Waals surface area contributed by atoms with Gasteiger partial charge in [-0.2, -0.15) is 0 Å². The molecule has 2 rings (SSSR count). The number of halogens is 1. The predicted octanol–water partition coefficient (Wildman–Crippen LogP) is 1.83. The summed E-state index contributed by atoms with van der Waals surface area (Å²) in [6, 6.07) is 4.46. The van der Waals surface area contributed by atoms with Crippen LogP contribution in [0, 0.1) is 12.7 Å². The van der Waals surface area contributed by atoms with Crippen molar-refractivity contribution in [3.05, 3.63) is 35.1 Å². The van der Waals surface area contributed by atoms with Crippen LogP contribution < -0.4 is 0 Å². The lowest BCUT2D eigenvalue weighted by atomic mass is 10.1. The molecular weight excluding hydrogens is 293 g/mol. The van der Waals surface area contributed by atoms with Crippen LogP contribution in [0.25, 0.3) is 0 Å². The third-order valence-electron chi connectivity index (χ3n) is 4.02. The second kappa shape index (κ2) is 6.23. The summed E-state index contributed by atoms with van der Waals surface area (Å²) in [5, 5.41) is 0. The molecule has 0 saturated carbocycles. The van der Waals surface area contributed by atoms with Crippen molar-refractivity contribution < 1.29 is 17.6 Å². The minimum Gasteiger partial charge on any atom is -0.302 e. The van der Waals surface area contributed by atoms with Gasteiger partial charge in [0.05, 0.1) is 11.5 Å². The van der Waals surface area contributed by atoms with Gasteiger partial charge in [-0.15, -0.1) is 0 Å². The normalized spacial score (nSPS) is 20.9. The largest absolute Gasteiger partial charge is 0.302 e. The number of sulfone groups is 1. The lowest BCUT2D eigenvalue weighted by Gasteiger charge is -2.22. The van der Waals surface area contributed by atoms with Crippen molar-refractivity contribution in [1.82, 2.24) is 4.90 Å². The first kappa shape index (κ1) is 16.1. The van der Waals surface area contributed by atoms with Crippen LogP contribution in [0.3, 0.4) is 0 Å². The van der Waals surface area contributed by atoms with Crippen LogP contribution in [0.15, 0.2) is 18.2 Å². The number of Topliss-reactive ketones (excluding diaryl/α,β-unsaturated/α-hetero) is 1.